The molecule has 0 aliphatic rings. The summed E-state index contributed by atoms with van der Waals surface area (Å²) in [5, 5.41) is 4.74. The molecule has 0 aliphatic heterocycles. The van der Waals surface area contributed by atoms with Gasteiger partial charge in [0.15, 0.2) is 0 Å². The van der Waals surface area contributed by atoms with Gasteiger partial charge < -0.3 is 10.3 Å². The first-order chi connectivity index (χ1) is 9.66. The van der Waals surface area contributed by atoms with E-state index in [1.165, 1.54) is 0 Å². The molecule has 2 aromatic heterocycles. The van der Waals surface area contributed by atoms with E-state index in [2.05, 4.69) is 10.1 Å². The molecule has 5 heteroatoms. The molecule has 0 amide bonds. The van der Waals surface area contributed by atoms with Crippen LogP contribution in [0.15, 0.2) is 47.2 Å². The van der Waals surface area contributed by atoms with E-state index in [9.17, 15) is 0 Å². The van der Waals surface area contributed by atoms with Crippen molar-refractivity contribution < 1.29 is 4.52 Å². The third-order valence-corrected chi connectivity index (χ3v) is 3.54. The van der Waals surface area contributed by atoms with Crippen LogP contribution in [0, 0.1) is 6.92 Å². The van der Waals surface area contributed by atoms with Crippen LogP contribution in [0.2, 0.25) is 5.02 Å². The predicted octanol–water partition coefficient (Wildman–Crippen LogP) is 3.95. The van der Waals surface area contributed by atoms with Crippen LogP contribution in [0.5, 0.6) is 0 Å². The number of anilines is 1. The van der Waals surface area contributed by atoms with Crippen LogP contribution in [0.25, 0.3) is 22.4 Å². The van der Waals surface area contributed by atoms with Crippen LogP contribution in [-0.2, 0) is 0 Å². The Bertz CT molecular complexity index is 753. The van der Waals surface area contributed by atoms with Gasteiger partial charge in [-0.1, -0.05) is 28.9 Å². The Morgan fingerprint density at radius 2 is 1.85 bits per heavy atom. The Balaban J connectivity index is 2.18. The first-order valence-corrected chi connectivity index (χ1v) is 6.46. The summed E-state index contributed by atoms with van der Waals surface area (Å²) in [5.74, 6) is 0.280. The Hall–Kier alpha value is -2.33. The van der Waals surface area contributed by atoms with Gasteiger partial charge in [-0.05, 0) is 36.2 Å². The number of aromatic nitrogens is 2. The summed E-state index contributed by atoms with van der Waals surface area (Å²) in [4.78, 5) is 4.00. The molecule has 0 aliphatic carbocycles. The standard InChI is InChI=1S/C15H12ClN3O/c1-9-2-3-11(8-12(9)16)14-13(15(17)20-19-14)10-4-6-18-7-5-10/h2-8H,17H2,1H3. The summed E-state index contributed by atoms with van der Waals surface area (Å²) >= 11 is 6.17. The third kappa shape index (κ3) is 2.14. The first-order valence-electron chi connectivity index (χ1n) is 6.09. The van der Waals surface area contributed by atoms with E-state index in [0.717, 1.165) is 22.3 Å². The van der Waals surface area contributed by atoms with Gasteiger partial charge in [-0.25, -0.2) is 0 Å². The normalized spacial score (nSPS) is 10.7. The predicted molar refractivity (Wildman–Crippen MR) is 79.3 cm³/mol. The lowest BCUT2D eigenvalue weighted by Gasteiger charge is -2.04. The molecule has 0 unspecified atom stereocenters. The first kappa shape index (κ1) is 12.7. The van der Waals surface area contributed by atoms with E-state index in [0.29, 0.717) is 10.7 Å². The number of rotatable bonds is 2. The van der Waals surface area contributed by atoms with Gasteiger partial charge in [-0.3, -0.25) is 4.98 Å². The maximum Gasteiger partial charge on any atom is 0.230 e. The molecule has 0 saturated carbocycles. The van der Waals surface area contributed by atoms with Gasteiger partial charge in [0, 0.05) is 23.0 Å². The van der Waals surface area contributed by atoms with E-state index in [1.54, 1.807) is 12.4 Å². The van der Waals surface area contributed by atoms with E-state index < -0.39 is 0 Å². The molecule has 2 N–H and O–H groups in total. The minimum atomic E-state index is 0.280. The smallest absolute Gasteiger partial charge is 0.230 e. The van der Waals surface area contributed by atoms with Crippen LogP contribution in [0.4, 0.5) is 5.88 Å². The zero-order chi connectivity index (χ0) is 14.1. The highest BCUT2D eigenvalue weighted by atomic mass is 35.5. The number of aryl methyl sites for hydroxylation is 1. The van der Waals surface area contributed by atoms with Crippen molar-refractivity contribution in [3.63, 3.8) is 0 Å². The average molecular weight is 286 g/mol. The highest BCUT2D eigenvalue weighted by Gasteiger charge is 2.17. The van der Waals surface area contributed by atoms with Gasteiger partial charge in [0.25, 0.3) is 0 Å². The van der Waals surface area contributed by atoms with Crippen LogP contribution in [-0.4, -0.2) is 10.1 Å². The number of hydrogen-bond donors (Lipinski definition) is 1. The van der Waals surface area contributed by atoms with Gasteiger partial charge in [0.05, 0.1) is 5.56 Å². The lowest BCUT2D eigenvalue weighted by Crippen LogP contribution is -1.88. The molecule has 0 saturated heterocycles. The fourth-order valence-corrected chi connectivity index (χ4v) is 2.22. The maximum atomic E-state index is 6.17. The van der Waals surface area contributed by atoms with E-state index in [-0.39, 0.29) is 5.88 Å². The second kappa shape index (κ2) is 4.98. The van der Waals surface area contributed by atoms with Crippen molar-refractivity contribution in [2.45, 2.75) is 6.92 Å². The lowest BCUT2D eigenvalue weighted by atomic mass is 10.0. The number of nitrogens with zero attached hydrogens (tertiary/aromatic N) is 2. The van der Waals surface area contributed by atoms with Crippen molar-refractivity contribution in [3.05, 3.63) is 53.3 Å². The molecule has 3 rings (SSSR count). The molecule has 3 aromatic rings. The van der Waals surface area contributed by atoms with Crippen LogP contribution < -0.4 is 5.73 Å². The molecule has 0 bridgehead atoms. The largest absolute Gasteiger partial charge is 0.367 e. The van der Waals surface area contributed by atoms with E-state index in [1.807, 2.05) is 37.3 Å². The van der Waals surface area contributed by atoms with Crippen LogP contribution in [0.1, 0.15) is 5.56 Å². The second-order valence-electron chi connectivity index (χ2n) is 4.47. The van der Waals surface area contributed by atoms with Crippen LogP contribution >= 0.6 is 11.6 Å². The summed E-state index contributed by atoms with van der Waals surface area (Å²) in [6.45, 7) is 1.95. The van der Waals surface area contributed by atoms with Crippen molar-refractivity contribution in [2.75, 3.05) is 5.73 Å². The van der Waals surface area contributed by atoms with Crippen LogP contribution in [0.3, 0.4) is 0 Å². The number of nitrogen functional groups attached to an aromatic ring is 1. The molecule has 20 heavy (non-hydrogen) atoms. The summed E-state index contributed by atoms with van der Waals surface area (Å²) in [6.07, 6.45) is 3.40. The third-order valence-electron chi connectivity index (χ3n) is 3.13. The summed E-state index contributed by atoms with van der Waals surface area (Å²) < 4.78 is 5.14. The SMILES string of the molecule is Cc1ccc(-c2noc(N)c2-c2ccncc2)cc1Cl. The van der Waals surface area contributed by atoms with E-state index in [4.69, 9.17) is 21.9 Å². The Kier molecular flexibility index (Phi) is 3.16. The fourth-order valence-electron chi connectivity index (χ4n) is 2.04. The summed E-state index contributed by atoms with van der Waals surface area (Å²) in [6, 6.07) is 9.48. The number of pyridine rings is 1. The molecule has 100 valence electrons. The van der Waals surface area contributed by atoms with Gasteiger partial charge in [-0.15, -0.1) is 0 Å². The number of hydrogen-bond acceptors (Lipinski definition) is 4. The Labute approximate surface area is 121 Å². The molecule has 1 aromatic carbocycles. The van der Waals surface area contributed by atoms with Gasteiger partial charge >= 0.3 is 0 Å². The quantitative estimate of drug-likeness (QED) is 0.774. The van der Waals surface area contributed by atoms with E-state index >= 15 is 0 Å². The highest BCUT2D eigenvalue weighted by Crippen LogP contribution is 2.36. The molecule has 0 radical (unpaired) electrons. The minimum Gasteiger partial charge on any atom is -0.367 e. The molecule has 0 atom stereocenters. The maximum absolute atomic E-state index is 6.17. The monoisotopic (exact) mass is 285 g/mol. The summed E-state index contributed by atoms with van der Waals surface area (Å²) in [5.41, 5.74) is 10.1. The van der Waals surface area contributed by atoms with Gasteiger partial charge in [-0.2, -0.15) is 0 Å². The molecule has 2 heterocycles. The van der Waals surface area contributed by atoms with Crippen molar-refractivity contribution in [1.29, 1.82) is 0 Å². The summed E-state index contributed by atoms with van der Waals surface area (Å²) in [7, 11) is 0. The molecular formula is C15H12ClN3O. The topological polar surface area (TPSA) is 64.9 Å². The van der Waals surface area contributed by atoms with Gasteiger partial charge in [0.1, 0.15) is 5.69 Å². The number of nitrogens with two attached hydrogens (primary N) is 1. The van der Waals surface area contributed by atoms with Gasteiger partial charge in [0.2, 0.25) is 5.88 Å². The average Bonchev–Trinajstić information content (AvgIpc) is 2.85. The highest BCUT2D eigenvalue weighted by molar-refractivity contribution is 6.31. The minimum absolute atomic E-state index is 0.280. The number of benzene rings is 1. The Morgan fingerprint density at radius 1 is 1.10 bits per heavy atom. The zero-order valence-corrected chi connectivity index (χ0v) is 11.6. The molecule has 4 nitrogen and oxygen atoms in total. The van der Waals surface area contributed by atoms with Crippen molar-refractivity contribution in [2.24, 2.45) is 0 Å². The molecule has 0 fully saturated rings. The molecular weight excluding hydrogens is 274 g/mol. The second-order valence-corrected chi connectivity index (χ2v) is 4.88. The Morgan fingerprint density at radius 3 is 2.55 bits per heavy atom. The number of halogens is 1. The molecule has 0 spiro atoms. The zero-order valence-electron chi connectivity index (χ0n) is 10.8. The van der Waals surface area contributed by atoms with Crippen molar-refractivity contribution in [3.8, 4) is 22.4 Å². The van der Waals surface area contributed by atoms with Crippen molar-refractivity contribution >= 4 is 17.5 Å². The fraction of sp³-hybridized carbons (Fsp3) is 0.0667. The van der Waals surface area contributed by atoms with Crippen molar-refractivity contribution in [1.82, 2.24) is 10.1 Å². The lowest BCUT2D eigenvalue weighted by molar-refractivity contribution is 0.439.